The maximum absolute atomic E-state index is 12.6. The van der Waals surface area contributed by atoms with Gasteiger partial charge in [-0.25, -0.2) is 9.78 Å². The summed E-state index contributed by atoms with van der Waals surface area (Å²) >= 11 is 1.20. The molecule has 2 aromatic rings. The molecule has 1 aliphatic rings. The lowest BCUT2D eigenvalue weighted by Crippen LogP contribution is -2.51. The molecule has 0 aromatic carbocycles. The second-order valence-corrected chi connectivity index (χ2v) is 8.49. The number of anilines is 1. The fraction of sp³-hybridized carbons (Fsp3) is 0.500. The van der Waals surface area contributed by atoms with Crippen LogP contribution < -0.4 is 5.32 Å². The largest absolute Gasteiger partial charge is 0.459 e. The Morgan fingerprint density at radius 2 is 1.94 bits per heavy atom. The smallest absolute Gasteiger partial charge is 0.409 e. The highest BCUT2D eigenvalue weighted by atomic mass is 32.1. The first-order chi connectivity index (χ1) is 16.9. The van der Waals surface area contributed by atoms with Crippen LogP contribution in [0.4, 0.5) is 9.93 Å². The number of hydrogen-bond acceptors (Lipinski definition) is 9. The van der Waals surface area contributed by atoms with Crippen LogP contribution in [0.25, 0.3) is 0 Å². The highest BCUT2D eigenvalue weighted by molar-refractivity contribution is 7.13. The summed E-state index contributed by atoms with van der Waals surface area (Å²) in [6, 6.07) is 3.13. The molecular weight excluding hydrogens is 478 g/mol. The normalized spacial score (nSPS) is 13.4. The number of aromatic nitrogens is 1. The summed E-state index contributed by atoms with van der Waals surface area (Å²) in [6.07, 6.45) is 1.11. The number of ether oxygens (including phenoxy) is 2. The number of nitrogens with zero attached hydrogens (tertiary/aromatic N) is 4. The van der Waals surface area contributed by atoms with Gasteiger partial charge in [-0.3, -0.25) is 14.4 Å². The van der Waals surface area contributed by atoms with E-state index >= 15 is 0 Å². The minimum atomic E-state index is -0.427. The summed E-state index contributed by atoms with van der Waals surface area (Å²) in [5.41, 5.74) is 0.533. The zero-order valence-electron chi connectivity index (χ0n) is 19.7. The van der Waals surface area contributed by atoms with Crippen molar-refractivity contribution in [2.24, 2.45) is 0 Å². The third-order valence-electron chi connectivity index (χ3n) is 5.21. The third kappa shape index (κ3) is 7.52. The van der Waals surface area contributed by atoms with Gasteiger partial charge in [-0.15, -0.1) is 11.3 Å². The van der Waals surface area contributed by atoms with Crippen LogP contribution in [-0.2, 0) is 25.5 Å². The van der Waals surface area contributed by atoms with E-state index in [-0.39, 0.29) is 43.9 Å². The lowest BCUT2D eigenvalue weighted by atomic mass is 10.2. The number of amides is 4. The first kappa shape index (κ1) is 26.2. The van der Waals surface area contributed by atoms with Gasteiger partial charge in [-0.1, -0.05) is 0 Å². The Hall–Kier alpha value is -3.45. The van der Waals surface area contributed by atoms with E-state index in [1.807, 2.05) is 0 Å². The molecule has 4 amide bonds. The highest BCUT2D eigenvalue weighted by Crippen LogP contribution is 2.17. The Morgan fingerprint density at radius 1 is 1.20 bits per heavy atom. The minimum absolute atomic E-state index is 0.0860. The maximum atomic E-state index is 12.6. The molecule has 0 radical (unpaired) electrons. The Kier molecular flexibility index (Phi) is 9.61. The number of nitrogens with one attached hydrogen (secondary N) is 1. The Labute approximate surface area is 206 Å². The number of piperazine rings is 1. The lowest BCUT2D eigenvalue weighted by molar-refractivity contribution is -0.132. The third-order valence-corrected chi connectivity index (χ3v) is 6.01. The number of methoxy groups -OCH3 is 1. The maximum Gasteiger partial charge on any atom is 0.409 e. The molecule has 0 saturated carbocycles. The van der Waals surface area contributed by atoms with E-state index in [1.165, 1.54) is 35.7 Å². The topological polar surface area (TPSA) is 135 Å². The van der Waals surface area contributed by atoms with E-state index in [9.17, 15) is 19.2 Å². The molecule has 12 nitrogen and oxygen atoms in total. The van der Waals surface area contributed by atoms with Crippen LogP contribution in [0.15, 0.2) is 28.2 Å². The zero-order chi connectivity index (χ0) is 25.2. The van der Waals surface area contributed by atoms with Crippen LogP contribution >= 0.6 is 11.3 Å². The Balaban J connectivity index is 1.49. The number of hydrogen-bond donors (Lipinski definition) is 1. The van der Waals surface area contributed by atoms with Gasteiger partial charge in [0.2, 0.25) is 11.8 Å². The molecule has 1 N–H and O–H groups in total. The van der Waals surface area contributed by atoms with E-state index in [0.717, 1.165) is 0 Å². The second kappa shape index (κ2) is 12.9. The first-order valence-corrected chi connectivity index (χ1v) is 12.0. The Morgan fingerprint density at radius 3 is 2.60 bits per heavy atom. The molecule has 0 spiro atoms. The standard InChI is InChI=1S/C22H29N5O7S/c1-3-33-22(31)26-8-6-25(7-9-26)19(29)13-16-15-35-21(23-16)24-18(28)14-27(10-12-32-2)20(30)17-5-4-11-34-17/h4-5,11,15H,3,6-10,12-14H2,1-2H3,(H,23,24,28). The molecule has 0 atom stereocenters. The summed E-state index contributed by atoms with van der Waals surface area (Å²) in [6.45, 7) is 4.01. The first-order valence-electron chi connectivity index (χ1n) is 11.2. The fourth-order valence-corrected chi connectivity index (χ4v) is 4.13. The SMILES string of the molecule is CCOC(=O)N1CCN(C(=O)Cc2csc(NC(=O)CN(CCOC)C(=O)c3ccco3)n2)CC1. The average molecular weight is 508 g/mol. The molecule has 1 fully saturated rings. The molecule has 190 valence electrons. The summed E-state index contributed by atoms with van der Waals surface area (Å²) in [5.74, 6) is -0.822. The predicted molar refractivity (Wildman–Crippen MR) is 126 cm³/mol. The highest BCUT2D eigenvalue weighted by Gasteiger charge is 2.25. The van der Waals surface area contributed by atoms with Gasteiger partial charge in [0.15, 0.2) is 10.9 Å². The average Bonchev–Trinajstić information content (AvgIpc) is 3.54. The molecule has 13 heteroatoms. The van der Waals surface area contributed by atoms with Gasteiger partial charge in [-0.2, -0.15) is 0 Å². The van der Waals surface area contributed by atoms with Gasteiger partial charge in [0.1, 0.15) is 6.54 Å². The van der Waals surface area contributed by atoms with Crippen LogP contribution in [0.2, 0.25) is 0 Å². The van der Waals surface area contributed by atoms with Gasteiger partial charge >= 0.3 is 6.09 Å². The van der Waals surface area contributed by atoms with Crippen molar-refractivity contribution in [2.75, 3.05) is 64.9 Å². The molecule has 0 unspecified atom stereocenters. The number of furan rings is 1. The van der Waals surface area contributed by atoms with Gasteiger partial charge in [0.25, 0.3) is 5.91 Å². The van der Waals surface area contributed by atoms with Gasteiger partial charge < -0.3 is 33.9 Å². The molecule has 2 aromatic heterocycles. The summed E-state index contributed by atoms with van der Waals surface area (Å²) in [7, 11) is 1.51. The van der Waals surface area contributed by atoms with Crippen LogP contribution in [0.5, 0.6) is 0 Å². The number of carbonyl (C=O) groups is 4. The van der Waals surface area contributed by atoms with Crippen LogP contribution in [0, 0.1) is 0 Å². The molecule has 1 saturated heterocycles. The van der Waals surface area contributed by atoms with Gasteiger partial charge in [0, 0.05) is 45.2 Å². The van der Waals surface area contributed by atoms with Crippen LogP contribution in [-0.4, -0.2) is 103 Å². The van der Waals surface area contributed by atoms with Crippen molar-refractivity contribution in [3.63, 3.8) is 0 Å². The van der Waals surface area contributed by atoms with E-state index < -0.39 is 11.8 Å². The van der Waals surface area contributed by atoms with Crippen molar-refractivity contribution in [1.82, 2.24) is 19.7 Å². The number of rotatable bonds is 10. The number of thiazole rings is 1. The summed E-state index contributed by atoms with van der Waals surface area (Å²) in [4.78, 5) is 58.5. The van der Waals surface area contributed by atoms with Crippen molar-refractivity contribution >= 4 is 40.3 Å². The number of carbonyl (C=O) groups excluding carboxylic acids is 4. The van der Waals surface area contributed by atoms with Crippen molar-refractivity contribution in [3.05, 3.63) is 35.2 Å². The van der Waals surface area contributed by atoms with Crippen molar-refractivity contribution in [2.45, 2.75) is 13.3 Å². The van der Waals surface area contributed by atoms with E-state index in [1.54, 1.807) is 28.2 Å². The van der Waals surface area contributed by atoms with Crippen molar-refractivity contribution in [1.29, 1.82) is 0 Å². The van der Waals surface area contributed by atoms with Crippen LogP contribution in [0.3, 0.4) is 0 Å². The Bertz CT molecular complexity index is 1000. The molecule has 3 heterocycles. The minimum Gasteiger partial charge on any atom is -0.459 e. The fourth-order valence-electron chi connectivity index (χ4n) is 3.41. The second-order valence-electron chi connectivity index (χ2n) is 7.63. The van der Waals surface area contributed by atoms with Crippen molar-refractivity contribution in [3.8, 4) is 0 Å². The summed E-state index contributed by atoms with van der Waals surface area (Å²) < 4.78 is 15.2. The molecule has 1 aliphatic heterocycles. The predicted octanol–water partition coefficient (Wildman–Crippen LogP) is 1.31. The molecular formula is C22H29N5O7S. The molecule has 0 aliphatic carbocycles. The van der Waals surface area contributed by atoms with Crippen LogP contribution in [0.1, 0.15) is 23.2 Å². The zero-order valence-corrected chi connectivity index (χ0v) is 20.5. The van der Waals surface area contributed by atoms with Gasteiger partial charge in [-0.05, 0) is 19.1 Å². The molecule has 0 bridgehead atoms. The van der Waals surface area contributed by atoms with Gasteiger partial charge in [0.05, 0.1) is 31.6 Å². The lowest BCUT2D eigenvalue weighted by Gasteiger charge is -2.34. The molecule has 35 heavy (non-hydrogen) atoms. The summed E-state index contributed by atoms with van der Waals surface area (Å²) in [5, 5.41) is 4.72. The molecule has 3 rings (SSSR count). The van der Waals surface area contributed by atoms with Crippen molar-refractivity contribution < 1.29 is 33.1 Å². The van der Waals surface area contributed by atoms with E-state index in [0.29, 0.717) is 43.6 Å². The quantitative estimate of drug-likeness (QED) is 0.509. The van der Waals surface area contributed by atoms with E-state index in [2.05, 4.69) is 10.3 Å². The van der Waals surface area contributed by atoms with E-state index in [4.69, 9.17) is 13.9 Å². The monoisotopic (exact) mass is 507 g/mol.